The van der Waals surface area contributed by atoms with E-state index >= 15 is 0 Å². The van der Waals surface area contributed by atoms with Crippen molar-refractivity contribution in [3.63, 3.8) is 0 Å². The van der Waals surface area contributed by atoms with Gasteiger partial charge in [0.25, 0.3) is 0 Å². The summed E-state index contributed by atoms with van der Waals surface area (Å²) in [4.78, 5) is 1.97. The summed E-state index contributed by atoms with van der Waals surface area (Å²) in [6, 6.07) is 5.78. The van der Waals surface area contributed by atoms with E-state index in [4.69, 9.17) is 21.0 Å². The van der Waals surface area contributed by atoms with Gasteiger partial charge in [0, 0.05) is 31.5 Å². The normalized spacial score (nSPS) is 10.4. The van der Waals surface area contributed by atoms with Gasteiger partial charge in [0.1, 0.15) is 5.84 Å². The molecule has 0 saturated heterocycles. The Kier molecular flexibility index (Phi) is 5.61. The molecule has 0 aliphatic carbocycles. The minimum Gasteiger partial charge on any atom is -0.395 e. The van der Waals surface area contributed by atoms with Gasteiger partial charge in [-0.05, 0) is 19.1 Å². The highest BCUT2D eigenvalue weighted by atomic mass is 16.5. The van der Waals surface area contributed by atoms with Gasteiger partial charge in [0.2, 0.25) is 0 Å². The van der Waals surface area contributed by atoms with Gasteiger partial charge in [0.15, 0.2) is 0 Å². The fourth-order valence-corrected chi connectivity index (χ4v) is 1.82. The lowest BCUT2D eigenvalue weighted by Crippen LogP contribution is -2.32. The number of ether oxygens (including phenoxy) is 1. The van der Waals surface area contributed by atoms with Crippen molar-refractivity contribution < 1.29 is 9.84 Å². The number of methoxy groups -OCH3 is 1. The predicted octanol–water partition coefficient (Wildman–Crippen LogP) is 0.724. The maximum absolute atomic E-state index is 9.11. The van der Waals surface area contributed by atoms with Crippen LogP contribution in [0.25, 0.3) is 0 Å². The number of nitrogen functional groups attached to an aromatic ring is 1. The second kappa shape index (κ2) is 6.98. The molecule has 0 aliphatic heterocycles. The van der Waals surface area contributed by atoms with Crippen LogP contribution in [0.3, 0.4) is 0 Å². The molecular weight excluding hydrogens is 230 g/mol. The number of nitrogens with zero attached hydrogens (tertiary/aromatic N) is 1. The zero-order chi connectivity index (χ0) is 13.5. The second-order valence-corrected chi connectivity index (χ2v) is 4.14. The summed E-state index contributed by atoms with van der Waals surface area (Å²) in [5.41, 5.74) is 8.22. The second-order valence-electron chi connectivity index (χ2n) is 4.14. The highest BCUT2D eigenvalue weighted by Gasteiger charge is 2.12. The molecule has 5 heteroatoms. The Bertz CT molecular complexity index is 407. The lowest BCUT2D eigenvalue weighted by atomic mass is 10.1. The van der Waals surface area contributed by atoms with Crippen LogP contribution in [0, 0.1) is 12.3 Å². The van der Waals surface area contributed by atoms with Gasteiger partial charge in [-0.2, -0.15) is 0 Å². The number of rotatable bonds is 7. The van der Waals surface area contributed by atoms with Gasteiger partial charge in [-0.25, -0.2) is 0 Å². The molecule has 0 atom stereocenters. The Hall–Kier alpha value is -1.59. The van der Waals surface area contributed by atoms with Crippen molar-refractivity contribution in [2.24, 2.45) is 5.73 Å². The number of aliphatic hydroxyl groups excluding tert-OH is 1. The number of hydrogen-bond donors (Lipinski definition) is 3. The summed E-state index contributed by atoms with van der Waals surface area (Å²) in [7, 11) is 1.64. The molecule has 4 N–H and O–H groups in total. The number of aliphatic hydroxyl groups is 1. The average molecular weight is 251 g/mol. The van der Waals surface area contributed by atoms with Gasteiger partial charge in [-0.3, -0.25) is 5.41 Å². The Morgan fingerprint density at radius 3 is 2.72 bits per heavy atom. The van der Waals surface area contributed by atoms with E-state index in [-0.39, 0.29) is 12.4 Å². The lowest BCUT2D eigenvalue weighted by Gasteiger charge is -2.26. The van der Waals surface area contributed by atoms with E-state index in [0.717, 1.165) is 11.3 Å². The SMILES string of the molecule is COCCN(CCO)c1ccc(C)cc1C(=N)N. The molecule has 0 radical (unpaired) electrons. The Labute approximate surface area is 108 Å². The van der Waals surface area contributed by atoms with Crippen LogP contribution < -0.4 is 10.6 Å². The number of nitrogens with two attached hydrogens (primary N) is 1. The van der Waals surface area contributed by atoms with E-state index in [0.29, 0.717) is 25.3 Å². The molecule has 1 aromatic rings. The molecule has 0 saturated carbocycles. The van der Waals surface area contributed by atoms with Crippen LogP contribution in [0.2, 0.25) is 0 Å². The summed E-state index contributed by atoms with van der Waals surface area (Å²) < 4.78 is 5.06. The Balaban J connectivity index is 3.05. The van der Waals surface area contributed by atoms with Crippen molar-refractivity contribution in [3.8, 4) is 0 Å². The van der Waals surface area contributed by atoms with Crippen molar-refractivity contribution >= 4 is 11.5 Å². The summed E-state index contributed by atoms with van der Waals surface area (Å²) in [5.74, 6) is 0.0362. The molecule has 18 heavy (non-hydrogen) atoms. The van der Waals surface area contributed by atoms with E-state index in [1.807, 2.05) is 30.0 Å². The van der Waals surface area contributed by atoms with Crippen LogP contribution in [-0.4, -0.2) is 44.4 Å². The van der Waals surface area contributed by atoms with Gasteiger partial charge in [-0.15, -0.1) is 0 Å². The van der Waals surface area contributed by atoms with E-state index in [1.54, 1.807) is 7.11 Å². The van der Waals surface area contributed by atoms with Crippen molar-refractivity contribution in [1.29, 1.82) is 5.41 Å². The molecule has 0 aromatic heterocycles. The predicted molar refractivity (Wildman–Crippen MR) is 73.4 cm³/mol. The first-order valence-electron chi connectivity index (χ1n) is 5.90. The topological polar surface area (TPSA) is 82.6 Å². The number of amidine groups is 1. The molecule has 0 unspecified atom stereocenters. The van der Waals surface area contributed by atoms with E-state index < -0.39 is 0 Å². The highest BCUT2D eigenvalue weighted by Crippen LogP contribution is 2.21. The molecule has 1 rings (SSSR count). The molecule has 0 fully saturated rings. The molecule has 0 amide bonds. The first kappa shape index (κ1) is 14.5. The molecule has 0 bridgehead atoms. The molecular formula is C13H21N3O2. The summed E-state index contributed by atoms with van der Waals surface area (Å²) in [6.07, 6.45) is 0. The third-order valence-electron chi connectivity index (χ3n) is 2.72. The van der Waals surface area contributed by atoms with Crippen molar-refractivity contribution in [1.82, 2.24) is 0 Å². The van der Waals surface area contributed by atoms with Crippen molar-refractivity contribution in [3.05, 3.63) is 29.3 Å². The maximum Gasteiger partial charge on any atom is 0.124 e. The molecule has 5 nitrogen and oxygen atoms in total. The number of aryl methyl sites for hydroxylation is 1. The lowest BCUT2D eigenvalue weighted by molar-refractivity contribution is 0.203. The van der Waals surface area contributed by atoms with Crippen LogP contribution in [0.4, 0.5) is 5.69 Å². The average Bonchev–Trinajstić information content (AvgIpc) is 2.34. The monoisotopic (exact) mass is 251 g/mol. The van der Waals surface area contributed by atoms with E-state index in [2.05, 4.69) is 0 Å². The fourth-order valence-electron chi connectivity index (χ4n) is 1.82. The summed E-state index contributed by atoms with van der Waals surface area (Å²) >= 11 is 0. The largest absolute Gasteiger partial charge is 0.395 e. The number of anilines is 1. The summed E-state index contributed by atoms with van der Waals surface area (Å²) in [6.45, 7) is 3.72. The summed E-state index contributed by atoms with van der Waals surface area (Å²) in [5, 5.41) is 16.7. The third kappa shape index (κ3) is 3.72. The highest BCUT2D eigenvalue weighted by molar-refractivity contribution is 6.00. The standard InChI is InChI=1S/C13H21N3O2/c1-10-3-4-12(11(9-10)13(14)15)16(5-7-17)6-8-18-2/h3-4,9,17H,5-8H2,1-2H3,(H3,14,15). The molecule has 1 aromatic carbocycles. The Morgan fingerprint density at radius 2 is 2.17 bits per heavy atom. The quantitative estimate of drug-likeness (QED) is 0.492. The minimum atomic E-state index is 0.0362. The van der Waals surface area contributed by atoms with E-state index in [9.17, 15) is 0 Å². The fraction of sp³-hybridized carbons (Fsp3) is 0.462. The molecule has 0 spiro atoms. The van der Waals surface area contributed by atoms with Crippen molar-refractivity contribution in [2.75, 3.05) is 38.3 Å². The van der Waals surface area contributed by atoms with Crippen LogP contribution in [-0.2, 0) is 4.74 Å². The van der Waals surface area contributed by atoms with Gasteiger partial charge in [-0.1, -0.05) is 11.6 Å². The Morgan fingerprint density at radius 1 is 1.44 bits per heavy atom. The van der Waals surface area contributed by atoms with Gasteiger partial charge >= 0.3 is 0 Å². The smallest absolute Gasteiger partial charge is 0.124 e. The van der Waals surface area contributed by atoms with Gasteiger partial charge < -0.3 is 20.5 Å². The first-order valence-corrected chi connectivity index (χ1v) is 5.90. The maximum atomic E-state index is 9.11. The zero-order valence-electron chi connectivity index (χ0n) is 10.9. The van der Waals surface area contributed by atoms with Gasteiger partial charge in [0.05, 0.1) is 13.2 Å². The minimum absolute atomic E-state index is 0.0362. The third-order valence-corrected chi connectivity index (χ3v) is 2.72. The first-order chi connectivity index (χ1) is 8.60. The van der Waals surface area contributed by atoms with Crippen LogP contribution in [0.5, 0.6) is 0 Å². The molecule has 0 aliphatic rings. The van der Waals surface area contributed by atoms with Crippen LogP contribution in [0.1, 0.15) is 11.1 Å². The van der Waals surface area contributed by atoms with Crippen LogP contribution in [0.15, 0.2) is 18.2 Å². The number of benzene rings is 1. The molecule has 0 heterocycles. The number of nitrogens with one attached hydrogen (secondary N) is 1. The number of hydrogen-bond acceptors (Lipinski definition) is 4. The van der Waals surface area contributed by atoms with Crippen molar-refractivity contribution in [2.45, 2.75) is 6.92 Å². The molecule has 100 valence electrons. The zero-order valence-corrected chi connectivity index (χ0v) is 10.9. The van der Waals surface area contributed by atoms with Crippen LogP contribution >= 0.6 is 0 Å². The van der Waals surface area contributed by atoms with E-state index in [1.165, 1.54) is 0 Å².